The number of imidazole rings is 2. The molecule has 0 aliphatic carbocycles. The van der Waals surface area contributed by atoms with Gasteiger partial charge in [-0.05, 0) is 0 Å². The molecule has 3 heterocycles. The van der Waals surface area contributed by atoms with Gasteiger partial charge in [0.1, 0.15) is 0 Å². The van der Waals surface area contributed by atoms with Crippen molar-refractivity contribution in [2.75, 3.05) is 33.1 Å². The average Bonchev–Trinajstić information content (AvgIpc) is 3.27. The number of ether oxygens (including phenoxy) is 1. The lowest BCUT2D eigenvalue weighted by molar-refractivity contribution is -0.122. The maximum absolute atomic E-state index is 12.2. The van der Waals surface area contributed by atoms with Gasteiger partial charge in [-0.25, -0.2) is 22.7 Å². The molecule has 0 bridgehead atoms. The Hall–Kier alpha value is -2.24. The second-order valence-corrected chi connectivity index (χ2v) is 8.28. The number of carbonyl (C=O) groups is 1. The summed E-state index contributed by atoms with van der Waals surface area (Å²) in [5.41, 5.74) is 0. The second kappa shape index (κ2) is 8.43. The fourth-order valence-corrected chi connectivity index (χ4v) is 3.97. The maximum atomic E-state index is 12.2. The second-order valence-electron chi connectivity index (χ2n) is 6.05. The van der Waals surface area contributed by atoms with Gasteiger partial charge in [0.2, 0.25) is 10.0 Å². The predicted octanol–water partition coefficient (Wildman–Crippen LogP) is 0.0633. The normalized spacial score (nSPS) is 20.0. The first-order valence-corrected chi connectivity index (χ1v) is 9.49. The Bertz CT molecular complexity index is 829. The number of hydrogen-bond donors (Lipinski definition) is 1. The van der Waals surface area contributed by atoms with Crippen molar-refractivity contribution >= 4 is 16.5 Å². The van der Waals surface area contributed by atoms with Gasteiger partial charge in [0.15, 0.2) is 11.6 Å². The number of rotatable bonds is 5. The molecule has 26 heavy (non-hydrogen) atoms. The summed E-state index contributed by atoms with van der Waals surface area (Å²) in [5, 5.41) is 6.89. The lowest BCUT2D eigenvalue weighted by atomic mass is 10.1. The highest BCUT2D eigenvalue weighted by molar-refractivity contribution is 7.89. The van der Waals surface area contributed by atoms with E-state index in [1.165, 1.54) is 4.31 Å². The lowest BCUT2D eigenvalue weighted by Crippen LogP contribution is -2.32. The summed E-state index contributed by atoms with van der Waals surface area (Å²) in [6.45, 7) is 0.650. The third-order valence-corrected chi connectivity index (χ3v) is 6.15. The SMILES string of the molecule is CN(C)S(=O)(=O)C[C@H]1COC[C@H]1n1ccnc1-c1nccn1C.O=CO. The zero-order valence-electron chi connectivity index (χ0n) is 14.9. The molecule has 0 radical (unpaired) electrons. The summed E-state index contributed by atoms with van der Waals surface area (Å²) in [6.07, 6.45) is 7.14. The van der Waals surface area contributed by atoms with Crippen molar-refractivity contribution in [1.82, 2.24) is 23.4 Å². The Morgan fingerprint density at radius 2 is 1.88 bits per heavy atom. The molecule has 3 rings (SSSR count). The van der Waals surface area contributed by atoms with Gasteiger partial charge in [0, 0.05) is 51.8 Å². The van der Waals surface area contributed by atoms with E-state index in [9.17, 15) is 8.42 Å². The van der Waals surface area contributed by atoms with Crippen LogP contribution in [-0.4, -0.2) is 76.5 Å². The van der Waals surface area contributed by atoms with Gasteiger partial charge in [-0.15, -0.1) is 0 Å². The topological polar surface area (TPSA) is 120 Å². The highest BCUT2D eigenvalue weighted by Crippen LogP contribution is 2.31. The lowest BCUT2D eigenvalue weighted by Gasteiger charge is -2.22. The summed E-state index contributed by atoms with van der Waals surface area (Å²) in [5.74, 6) is 1.41. The van der Waals surface area contributed by atoms with Gasteiger partial charge in [0.25, 0.3) is 6.47 Å². The highest BCUT2D eigenvalue weighted by atomic mass is 32.2. The first-order chi connectivity index (χ1) is 12.3. The van der Waals surface area contributed by atoms with Crippen LogP contribution in [0.4, 0.5) is 0 Å². The standard InChI is InChI=1S/C14H21N5O3S.CH2O2/c1-17(2)23(20,21)10-11-8-22-9-12(11)19-7-5-16-14(19)13-15-4-6-18(13)3;2-1-3/h4-7,11-12H,8-10H2,1-3H3;1H,(H,2,3)/t11-,12-;/m1./s1. The molecule has 1 aliphatic heterocycles. The van der Waals surface area contributed by atoms with E-state index >= 15 is 0 Å². The number of nitrogens with zero attached hydrogens (tertiary/aromatic N) is 5. The summed E-state index contributed by atoms with van der Waals surface area (Å²) >= 11 is 0. The van der Waals surface area contributed by atoms with Crippen LogP contribution in [0.2, 0.25) is 0 Å². The predicted molar refractivity (Wildman–Crippen MR) is 93.9 cm³/mol. The molecule has 1 fully saturated rings. The third kappa shape index (κ3) is 4.29. The summed E-state index contributed by atoms with van der Waals surface area (Å²) in [6, 6.07) is -0.0704. The van der Waals surface area contributed by atoms with Crippen molar-refractivity contribution in [2.24, 2.45) is 13.0 Å². The molecule has 0 aromatic carbocycles. The van der Waals surface area contributed by atoms with E-state index in [4.69, 9.17) is 14.6 Å². The molecular formula is C15H23N5O5S. The first-order valence-electron chi connectivity index (χ1n) is 7.88. The van der Waals surface area contributed by atoms with E-state index in [0.717, 1.165) is 11.6 Å². The zero-order valence-corrected chi connectivity index (χ0v) is 15.7. The van der Waals surface area contributed by atoms with E-state index < -0.39 is 10.0 Å². The number of aryl methyl sites for hydroxylation is 1. The van der Waals surface area contributed by atoms with Gasteiger partial charge < -0.3 is 19.0 Å². The number of carboxylic acid groups (broad SMARTS) is 1. The minimum atomic E-state index is -3.28. The van der Waals surface area contributed by atoms with Crippen molar-refractivity contribution < 1.29 is 23.1 Å². The summed E-state index contributed by atoms with van der Waals surface area (Å²) in [7, 11) is 1.73. The van der Waals surface area contributed by atoms with E-state index in [2.05, 4.69) is 9.97 Å². The molecule has 0 unspecified atom stereocenters. The van der Waals surface area contributed by atoms with Crippen LogP contribution in [-0.2, 0) is 26.6 Å². The Balaban J connectivity index is 0.000000758. The van der Waals surface area contributed by atoms with E-state index in [1.54, 1.807) is 26.5 Å². The molecule has 10 nitrogen and oxygen atoms in total. The molecule has 11 heteroatoms. The smallest absolute Gasteiger partial charge is 0.290 e. The Morgan fingerprint density at radius 1 is 1.27 bits per heavy atom. The third-order valence-electron chi connectivity index (χ3n) is 4.19. The molecule has 2 aromatic rings. The Morgan fingerprint density at radius 3 is 2.46 bits per heavy atom. The molecule has 2 aromatic heterocycles. The zero-order chi connectivity index (χ0) is 19.3. The molecule has 0 amide bonds. The number of hydrogen-bond acceptors (Lipinski definition) is 6. The van der Waals surface area contributed by atoms with Crippen LogP contribution in [0.25, 0.3) is 11.6 Å². The molecule has 2 atom stereocenters. The van der Waals surface area contributed by atoms with E-state index in [0.29, 0.717) is 13.2 Å². The monoisotopic (exact) mass is 385 g/mol. The minimum absolute atomic E-state index is 0.0584. The fraction of sp³-hybridized carbons (Fsp3) is 0.533. The summed E-state index contributed by atoms with van der Waals surface area (Å²) < 4.78 is 35.1. The highest BCUT2D eigenvalue weighted by Gasteiger charge is 2.35. The molecule has 0 spiro atoms. The van der Waals surface area contributed by atoms with Crippen LogP contribution in [0.1, 0.15) is 6.04 Å². The largest absolute Gasteiger partial charge is 0.483 e. The molecule has 1 N–H and O–H groups in total. The Kier molecular flexibility index (Phi) is 6.51. The minimum Gasteiger partial charge on any atom is -0.483 e. The van der Waals surface area contributed by atoms with Gasteiger partial charge >= 0.3 is 0 Å². The van der Waals surface area contributed by atoms with Crippen LogP contribution < -0.4 is 0 Å². The van der Waals surface area contributed by atoms with Crippen molar-refractivity contribution in [3.8, 4) is 11.6 Å². The van der Waals surface area contributed by atoms with Crippen molar-refractivity contribution in [2.45, 2.75) is 6.04 Å². The van der Waals surface area contributed by atoms with Crippen molar-refractivity contribution in [3.63, 3.8) is 0 Å². The number of sulfonamides is 1. The van der Waals surface area contributed by atoms with Gasteiger partial charge in [-0.2, -0.15) is 0 Å². The first kappa shape index (κ1) is 20.1. The fourth-order valence-electron chi connectivity index (χ4n) is 2.81. The van der Waals surface area contributed by atoms with Gasteiger partial charge in [-0.3, -0.25) is 4.79 Å². The van der Waals surface area contributed by atoms with Gasteiger partial charge in [0.05, 0.1) is 25.0 Å². The van der Waals surface area contributed by atoms with Crippen LogP contribution in [0.3, 0.4) is 0 Å². The van der Waals surface area contributed by atoms with Gasteiger partial charge in [-0.1, -0.05) is 0 Å². The number of aromatic nitrogens is 4. The molecular weight excluding hydrogens is 362 g/mol. The maximum Gasteiger partial charge on any atom is 0.290 e. The van der Waals surface area contributed by atoms with E-state index in [1.807, 2.05) is 28.6 Å². The average molecular weight is 385 g/mol. The quantitative estimate of drug-likeness (QED) is 0.723. The molecule has 1 aliphatic rings. The Labute approximate surface area is 152 Å². The molecule has 0 saturated carbocycles. The molecule has 144 valence electrons. The van der Waals surface area contributed by atoms with Crippen LogP contribution in [0.5, 0.6) is 0 Å². The summed E-state index contributed by atoms with van der Waals surface area (Å²) in [4.78, 5) is 17.1. The van der Waals surface area contributed by atoms with Crippen molar-refractivity contribution in [1.29, 1.82) is 0 Å². The molecule has 1 saturated heterocycles. The van der Waals surface area contributed by atoms with E-state index in [-0.39, 0.29) is 24.2 Å². The van der Waals surface area contributed by atoms with Crippen LogP contribution in [0.15, 0.2) is 24.8 Å². The van der Waals surface area contributed by atoms with Crippen LogP contribution in [0, 0.1) is 5.92 Å². The van der Waals surface area contributed by atoms with Crippen molar-refractivity contribution in [3.05, 3.63) is 24.8 Å². The van der Waals surface area contributed by atoms with Crippen LogP contribution >= 0.6 is 0 Å².